The average Bonchev–Trinajstić information content (AvgIpc) is 1.56. The van der Waals surface area contributed by atoms with Gasteiger partial charge in [0.05, 0.1) is 19.6 Å². The standard InChI is InChI=1S/C64H97N17O13/c1-40(2)35-48(78-60(90)51(37-42-17-9-6-10-18-42)80-58(88)49(38-43-22-24-44(82)25-23-43)74-54(84)26-30-71-27-14-32-94-34-33-93-4)57(87)79-50(36-41-15-7-5-8-16-41)59(89)76-46(20-12-28-72-63(67)68)62(92)81-31-13-21-52(81)61(91)75-45(19-11-29-73-64(69)70-3)56(86)77-47(55(66)85)39-53(65)83/h5-10,15-18,22-25,40,45-52,71,82H,11-14,19-21,26-39H2,1-4H3,(H2,65,83)(H2,66,85)(H,74,84)(H,75,91)(H,76,89)(H,77,86)(H,78,90)(H,79,87)(H,80,88)(H4,67,68,72)(H3,69,70,73)/t45-,46-,47-,48-,49-,50-,51-,52-/m0/s1. The minimum Gasteiger partial charge on any atom is -0.508 e. The second-order valence-corrected chi connectivity index (χ2v) is 23.3. The molecule has 0 spiro atoms. The lowest BCUT2D eigenvalue weighted by Crippen LogP contribution is -2.61. The Morgan fingerprint density at radius 2 is 1.10 bits per heavy atom. The molecule has 1 heterocycles. The minimum absolute atomic E-state index is 0.00726. The second-order valence-electron chi connectivity index (χ2n) is 23.3. The van der Waals surface area contributed by atoms with Gasteiger partial charge in [-0.25, -0.2) is 0 Å². The Balaban J connectivity index is 1.62. The van der Waals surface area contributed by atoms with Gasteiger partial charge in [0.1, 0.15) is 54.1 Å². The maximum atomic E-state index is 14.9. The lowest BCUT2D eigenvalue weighted by molar-refractivity contribution is -0.142. The van der Waals surface area contributed by atoms with Gasteiger partial charge in [-0.3, -0.25) is 58.8 Å². The first-order valence-electron chi connectivity index (χ1n) is 31.7. The Hall–Kier alpha value is -9.42. The van der Waals surface area contributed by atoms with Crippen molar-refractivity contribution in [1.82, 2.24) is 63.4 Å². The number of hydrogen-bond donors (Lipinski definition) is 17. The molecule has 30 nitrogen and oxygen atoms in total. The zero-order chi connectivity index (χ0) is 69.0. The third-order valence-corrected chi connectivity index (χ3v) is 15.2. The molecule has 94 heavy (non-hydrogen) atoms. The largest absolute Gasteiger partial charge is 0.508 e. The molecule has 0 aromatic heterocycles. The van der Waals surface area contributed by atoms with Crippen LogP contribution < -0.4 is 75.7 Å². The van der Waals surface area contributed by atoms with Crippen LogP contribution in [0, 0.1) is 16.7 Å². The molecule has 0 radical (unpaired) electrons. The minimum atomic E-state index is -1.50. The van der Waals surface area contributed by atoms with E-state index in [1.807, 2.05) is 13.8 Å². The van der Waals surface area contributed by atoms with Crippen molar-refractivity contribution in [3.63, 3.8) is 0 Å². The number of benzene rings is 3. The summed E-state index contributed by atoms with van der Waals surface area (Å²) < 4.78 is 10.5. The lowest BCUT2D eigenvalue weighted by atomic mass is 9.99. The number of aromatic hydroxyl groups is 1. The molecule has 0 bridgehead atoms. The number of rotatable bonds is 43. The van der Waals surface area contributed by atoms with Crippen LogP contribution in [-0.4, -0.2) is 196 Å². The smallest absolute Gasteiger partial charge is 0.245 e. The van der Waals surface area contributed by atoms with Gasteiger partial charge in [0.25, 0.3) is 0 Å². The highest BCUT2D eigenvalue weighted by molar-refractivity contribution is 5.99. The molecule has 1 aliphatic heterocycles. The Labute approximate surface area is 548 Å². The summed E-state index contributed by atoms with van der Waals surface area (Å²) in [5.74, 6) is -8.36. The number of amides is 10. The van der Waals surface area contributed by atoms with Crippen molar-refractivity contribution in [2.75, 3.05) is 66.7 Å². The number of ether oxygens (including phenoxy) is 2. The highest BCUT2D eigenvalue weighted by Crippen LogP contribution is 2.21. The fourth-order valence-electron chi connectivity index (χ4n) is 10.3. The first-order valence-corrected chi connectivity index (χ1v) is 31.7. The van der Waals surface area contributed by atoms with Crippen molar-refractivity contribution in [3.8, 4) is 5.75 Å². The molecular weight excluding hydrogens is 1210 g/mol. The summed E-state index contributed by atoms with van der Waals surface area (Å²) in [7, 11) is 3.12. The topological polar surface area (TPSA) is 471 Å². The molecule has 0 aliphatic carbocycles. The van der Waals surface area contributed by atoms with Gasteiger partial charge in [-0.1, -0.05) is 86.6 Å². The number of primary amides is 2. The molecule has 10 amide bonds. The Morgan fingerprint density at radius 1 is 0.585 bits per heavy atom. The number of methoxy groups -OCH3 is 1. The van der Waals surface area contributed by atoms with Crippen molar-refractivity contribution in [2.45, 2.75) is 146 Å². The predicted molar refractivity (Wildman–Crippen MR) is 351 cm³/mol. The number of nitrogens with one attached hydrogen (secondary N) is 13. The van der Waals surface area contributed by atoms with Crippen LogP contribution in [0.4, 0.5) is 0 Å². The molecule has 1 saturated heterocycles. The molecule has 1 fully saturated rings. The fraction of sp³-hybridized carbons (Fsp3) is 0.531. The summed E-state index contributed by atoms with van der Waals surface area (Å²) in [5.41, 5.74) is 18.2. The molecule has 8 atom stereocenters. The van der Waals surface area contributed by atoms with Crippen LogP contribution in [0.1, 0.15) is 94.7 Å². The molecule has 4 rings (SSSR count). The molecule has 3 aromatic carbocycles. The van der Waals surface area contributed by atoms with E-state index in [9.17, 15) is 53.1 Å². The number of guanidine groups is 2. The van der Waals surface area contributed by atoms with Gasteiger partial charge in [-0.15, -0.1) is 0 Å². The molecule has 1 aliphatic rings. The van der Waals surface area contributed by atoms with E-state index >= 15 is 0 Å². The van der Waals surface area contributed by atoms with E-state index in [4.69, 9.17) is 37.5 Å². The summed E-state index contributed by atoms with van der Waals surface area (Å²) in [5, 5.41) is 56.1. The van der Waals surface area contributed by atoms with Crippen molar-refractivity contribution in [3.05, 3.63) is 102 Å². The number of phenolic OH excluding ortho intramolecular Hbond substituents is 1. The summed E-state index contributed by atoms with van der Waals surface area (Å²) in [6.45, 7) is 6.31. The lowest BCUT2D eigenvalue weighted by Gasteiger charge is -2.31. The summed E-state index contributed by atoms with van der Waals surface area (Å²) in [6, 6.07) is 13.1. The average molecular weight is 1310 g/mol. The van der Waals surface area contributed by atoms with Crippen molar-refractivity contribution >= 4 is 71.0 Å². The summed E-state index contributed by atoms with van der Waals surface area (Å²) >= 11 is 0. The normalized spacial score (nSPS) is 14.9. The van der Waals surface area contributed by atoms with Crippen LogP contribution >= 0.6 is 0 Å². The van der Waals surface area contributed by atoms with Crippen molar-refractivity contribution in [2.24, 2.45) is 23.1 Å². The highest BCUT2D eigenvalue weighted by Gasteiger charge is 2.40. The Bertz CT molecular complexity index is 2950. The van der Waals surface area contributed by atoms with Crippen LogP contribution in [0.15, 0.2) is 84.9 Å². The second kappa shape index (κ2) is 41.9. The number of carbonyl (C=O) groups excluding carboxylic acids is 10. The predicted octanol–water partition coefficient (Wildman–Crippen LogP) is -1.97. The number of nitrogens with two attached hydrogens (primary N) is 3. The Morgan fingerprint density at radius 3 is 1.64 bits per heavy atom. The van der Waals surface area contributed by atoms with E-state index < -0.39 is 114 Å². The Kier molecular flexibility index (Phi) is 34.4. The van der Waals surface area contributed by atoms with Gasteiger partial charge in [0.2, 0.25) is 59.1 Å². The SMILES string of the molecule is CNC(=N)NCCC[C@H](NC(=O)[C@@H]1CCCN1C(=O)[C@H](CCCNC(=N)N)NC(=O)[C@H](Cc1ccccc1)NC(=O)[C@H](CC(C)C)NC(=O)[C@H](Cc1ccccc1)NC(=O)[C@H](Cc1ccc(O)cc1)NC(=O)CCNCCCOCCOC)C(=O)N[C@@H](CC(N)=O)C(N)=O. The van der Waals surface area contributed by atoms with E-state index in [0.717, 1.165) is 0 Å². The van der Waals surface area contributed by atoms with Crippen LogP contribution in [0.2, 0.25) is 0 Å². The zero-order valence-electron chi connectivity index (χ0n) is 54.2. The van der Waals surface area contributed by atoms with Gasteiger partial charge in [0, 0.05) is 72.6 Å². The quantitative estimate of drug-likeness (QED) is 0.0166. The number of hydrogen-bond acceptors (Lipinski definition) is 16. The highest BCUT2D eigenvalue weighted by atomic mass is 16.5. The fourth-order valence-corrected chi connectivity index (χ4v) is 10.3. The monoisotopic (exact) mass is 1310 g/mol. The van der Waals surface area contributed by atoms with Crippen molar-refractivity contribution < 1.29 is 62.5 Å². The van der Waals surface area contributed by atoms with Gasteiger partial charge in [-0.05, 0) is 92.7 Å². The van der Waals surface area contributed by atoms with Crippen LogP contribution in [0.25, 0.3) is 0 Å². The molecule has 516 valence electrons. The van der Waals surface area contributed by atoms with E-state index in [2.05, 4.69) is 58.5 Å². The maximum absolute atomic E-state index is 14.9. The number of nitrogens with zero attached hydrogens (tertiary/aromatic N) is 1. The third kappa shape index (κ3) is 29.0. The van der Waals surface area contributed by atoms with E-state index in [1.165, 1.54) is 24.1 Å². The van der Waals surface area contributed by atoms with Gasteiger partial charge < -0.3 is 95.2 Å². The van der Waals surface area contributed by atoms with Crippen LogP contribution in [0.3, 0.4) is 0 Å². The van der Waals surface area contributed by atoms with Gasteiger partial charge in [-0.2, -0.15) is 0 Å². The number of phenols is 1. The summed E-state index contributed by atoms with van der Waals surface area (Å²) in [6.07, 6.45) is 0.744. The first kappa shape index (κ1) is 77.0. The molecule has 20 N–H and O–H groups in total. The third-order valence-electron chi connectivity index (χ3n) is 15.2. The number of likely N-dealkylation sites (tertiary alicyclic amines) is 1. The summed E-state index contributed by atoms with van der Waals surface area (Å²) in [4.78, 5) is 141. The molecule has 3 aromatic rings. The van der Waals surface area contributed by atoms with Crippen LogP contribution in [-0.2, 0) is 76.7 Å². The zero-order valence-corrected chi connectivity index (χ0v) is 54.2. The maximum Gasteiger partial charge on any atom is 0.245 e. The van der Waals surface area contributed by atoms with Crippen LogP contribution in [0.5, 0.6) is 5.75 Å². The first-order chi connectivity index (χ1) is 45.0. The van der Waals surface area contributed by atoms with E-state index in [-0.39, 0.29) is 107 Å². The van der Waals surface area contributed by atoms with E-state index in [0.29, 0.717) is 62.4 Å². The molecule has 30 heteroatoms. The van der Waals surface area contributed by atoms with Crippen molar-refractivity contribution in [1.29, 1.82) is 10.8 Å². The van der Waals surface area contributed by atoms with Gasteiger partial charge in [0.15, 0.2) is 11.9 Å². The van der Waals surface area contributed by atoms with Gasteiger partial charge >= 0.3 is 0 Å². The molecule has 0 unspecified atom stereocenters. The van der Waals surface area contributed by atoms with E-state index in [1.54, 1.807) is 79.9 Å². The number of carbonyl (C=O) groups is 10. The molecular formula is C64H97N17O13. The molecule has 0 saturated carbocycles.